The van der Waals surface area contributed by atoms with Gasteiger partial charge in [0.05, 0.1) is 13.7 Å². The third-order valence-electron chi connectivity index (χ3n) is 4.93. The first-order valence-corrected chi connectivity index (χ1v) is 9.93. The molecule has 0 unspecified atom stereocenters. The fourth-order valence-corrected chi connectivity index (χ4v) is 3.44. The van der Waals surface area contributed by atoms with Crippen molar-refractivity contribution >= 4 is 22.9 Å². The van der Waals surface area contributed by atoms with Crippen molar-refractivity contribution in [3.8, 4) is 22.6 Å². The molecule has 4 rings (SSSR count). The maximum atomic E-state index is 13.2. The van der Waals surface area contributed by atoms with Gasteiger partial charge in [0.1, 0.15) is 17.2 Å². The Bertz CT molecular complexity index is 1220. The van der Waals surface area contributed by atoms with Gasteiger partial charge in [-0.05, 0) is 67.1 Å². The molecule has 0 saturated carbocycles. The van der Waals surface area contributed by atoms with Gasteiger partial charge in [-0.2, -0.15) is 0 Å². The van der Waals surface area contributed by atoms with Gasteiger partial charge in [0.15, 0.2) is 0 Å². The van der Waals surface area contributed by atoms with Crippen molar-refractivity contribution in [1.82, 2.24) is 4.40 Å². The highest BCUT2D eigenvalue weighted by molar-refractivity contribution is 6.47. The molecule has 0 aliphatic heterocycles. The summed E-state index contributed by atoms with van der Waals surface area (Å²) in [5.74, 6) is 0.0912. The summed E-state index contributed by atoms with van der Waals surface area (Å²) in [7, 11) is 1.60. The van der Waals surface area contributed by atoms with Gasteiger partial charge in [-0.15, -0.1) is 0 Å². The van der Waals surface area contributed by atoms with E-state index < -0.39 is 11.7 Å². The highest BCUT2D eigenvalue weighted by Crippen LogP contribution is 2.30. The van der Waals surface area contributed by atoms with Crippen LogP contribution >= 0.6 is 0 Å². The van der Waals surface area contributed by atoms with Crippen LogP contribution in [0.2, 0.25) is 0 Å². The molecular formula is C25H22N2O4. The number of fused-ring (bicyclic) bond motifs is 1. The topological polar surface area (TPSA) is 69.0 Å². The van der Waals surface area contributed by atoms with Crippen molar-refractivity contribution in [1.29, 1.82) is 0 Å². The first kappa shape index (κ1) is 20.2. The van der Waals surface area contributed by atoms with E-state index in [4.69, 9.17) is 9.47 Å². The highest BCUT2D eigenvalue weighted by Gasteiger charge is 2.25. The summed E-state index contributed by atoms with van der Waals surface area (Å²) in [6, 6.07) is 21.8. The van der Waals surface area contributed by atoms with Crippen molar-refractivity contribution < 1.29 is 19.1 Å². The first-order valence-electron chi connectivity index (χ1n) is 9.93. The third-order valence-corrected chi connectivity index (χ3v) is 4.93. The predicted molar refractivity (Wildman–Crippen MR) is 120 cm³/mol. The summed E-state index contributed by atoms with van der Waals surface area (Å²) in [5.41, 5.74) is 3.16. The Morgan fingerprint density at radius 3 is 2.32 bits per heavy atom. The zero-order valence-corrected chi connectivity index (χ0v) is 17.3. The average Bonchev–Trinajstić information content (AvgIpc) is 3.19. The Hall–Kier alpha value is -4.06. The van der Waals surface area contributed by atoms with Gasteiger partial charge in [-0.1, -0.05) is 18.2 Å². The van der Waals surface area contributed by atoms with Crippen LogP contribution in [0.3, 0.4) is 0 Å². The quantitative estimate of drug-likeness (QED) is 0.347. The molecular weight excluding hydrogens is 392 g/mol. The summed E-state index contributed by atoms with van der Waals surface area (Å²) >= 11 is 0. The van der Waals surface area contributed by atoms with E-state index in [-0.39, 0.29) is 0 Å². The molecule has 0 bridgehead atoms. The van der Waals surface area contributed by atoms with Crippen molar-refractivity contribution in [2.24, 2.45) is 0 Å². The summed E-state index contributed by atoms with van der Waals surface area (Å²) < 4.78 is 12.4. The lowest BCUT2D eigenvalue weighted by Gasteiger charge is -2.09. The molecule has 1 amide bonds. The Kier molecular flexibility index (Phi) is 5.71. The number of benzene rings is 2. The zero-order chi connectivity index (χ0) is 21.8. The number of nitrogens with one attached hydrogen (secondary N) is 1. The largest absolute Gasteiger partial charge is 0.497 e. The molecule has 4 aromatic rings. The number of carbonyl (C=O) groups excluding carboxylic acids is 2. The molecule has 2 heterocycles. The fourth-order valence-electron chi connectivity index (χ4n) is 3.44. The SMILES string of the molecule is CCOc1ccc(NC(=O)C(=O)c2c(-c3ccc(OC)cc3)cc3ccccn23)cc1. The van der Waals surface area contributed by atoms with Crippen LogP contribution in [0, 0.1) is 0 Å². The lowest BCUT2D eigenvalue weighted by molar-refractivity contribution is -0.112. The summed E-state index contributed by atoms with van der Waals surface area (Å²) in [4.78, 5) is 26.1. The molecule has 0 spiro atoms. The van der Waals surface area contributed by atoms with Gasteiger partial charge in [0.25, 0.3) is 11.7 Å². The van der Waals surface area contributed by atoms with E-state index in [0.717, 1.165) is 11.1 Å². The Labute approximate surface area is 180 Å². The van der Waals surface area contributed by atoms with E-state index in [1.54, 1.807) is 42.0 Å². The molecule has 31 heavy (non-hydrogen) atoms. The van der Waals surface area contributed by atoms with Gasteiger partial charge in [0, 0.05) is 23.0 Å². The number of ether oxygens (including phenoxy) is 2. The van der Waals surface area contributed by atoms with Gasteiger partial charge in [0.2, 0.25) is 0 Å². The van der Waals surface area contributed by atoms with Crippen LogP contribution < -0.4 is 14.8 Å². The van der Waals surface area contributed by atoms with E-state index in [1.807, 2.05) is 55.5 Å². The monoisotopic (exact) mass is 414 g/mol. The van der Waals surface area contributed by atoms with Crippen LogP contribution in [0.5, 0.6) is 11.5 Å². The van der Waals surface area contributed by atoms with E-state index >= 15 is 0 Å². The van der Waals surface area contributed by atoms with Gasteiger partial charge in [-0.25, -0.2) is 0 Å². The molecule has 0 aliphatic rings. The number of anilines is 1. The molecule has 0 radical (unpaired) electrons. The maximum absolute atomic E-state index is 13.2. The number of methoxy groups -OCH3 is 1. The maximum Gasteiger partial charge on any atom is 0.298 e. The molecule has 0 atom stereocenters. The normalized spacial score (nSPS) is 10.6. The minimum absolute atomic E-state index is 0.309. The number of pyridine rings is 1. The van der Waals surface area contributed by atoms with Crippen molar-refractivity contribution in [3.05, 3.63) is 84.7 Å². The van der Waals surface area contributed by atoms with Crippen LogP contribution in [0.1, 0.15) is 17.4 Å². The molecule has 0 saturated heterocycles. The van der Waals surface area contributed by atoms with Crippen LogP contribution in [0.15, 0.2) is 79.0 Å². The van der Waals surface area contributed by atoms with E-state index in [1.165, 1.54) is 0 Å². The number of aromatic nitrogens is 1. The number of rotatable bonds is 7. The zero-order valence-electron chi connectivity index (χ0n) is 17.3. The molecule has 2 aromatic carbocycles. The number of ketones is 1. The molecule has 6 nitrogen and oxygen atoms in total. The first-order chi connectivity index (χ1) is 15.1. The van der Waals surface area contributed by atoms with Crippen LogP contribution in [-0.4, -0.2) is 29.8 Å². The lowest BCUT2D eigenvalue weighted by atomic mass is 10.0. The van der Waals surface area contributed by atoms with Crippen LogP contribution in [-0.2, 0) is 4.79 Å². The number of hydrogen-bond donors (Lipinski definition) is 1. The smallest absolute Gasteiger partial charge is 0.298 e. The summed E-state index contributed by atoms with van der Waals surface area (Å²) in [6.45, 7) is 2.45. The lowest BCUT2D eigenvalue weighted by Crippen LogP contribution is -2.24. The minimum Gasteiger partial charge on any atom is -0.497 e. The van der Waals surface area contributed by atoms with Gasteiger partial charge in [-0.3, -0.25) is 9.59 Å². The van der Waals surface area contributed by atoms with Crippen LogP contribution in [0.25, 0.3) is 16.6 Å². The van der Waals surface area contributed by atoms with E-state index in [0.29, 0.717) is 35.1 Å². The van der Waals surface area contributed by atoms with E-state index in [9.17, 15) is 9.59 Å². The number of hydrogen-bond acceptors (Lipinski definition) is 4. The Morgan fingerprint density at radius 1 is 0.935 bits per heavy atom. The van der Waals surface area contributed by atoms with Crippen molar-refractivity contribution in [3.63, 3.8) is 0 Å². The Morgan fingerprint density at radius 2 is 1.65 bits per heavy atom. The average molecular weight is 414 g/mol. The summed E-state index contributed by atoms with van der Waals surface area (Å²) in [5, 5.41) is 2.68. The summed E-state index contributed by atoms with van der Waals surface area (Å²) in [6.07, 6.45) is 1.78. The minimum atomic E-state index is -0.706. The number of Topliss-reactive ketones (excluding diaryl/α,β-unsaturated/α-hetero) is 1. The Balaban J connectivity index is 1.68. The second kappa shape index (κ2) is 8.75. The van der Waals surface area contributed by atoms with Crippen molar-refractivity contribution in [2.45, 2.75) is 6.92 Å². The molecule has 1 N–H and O–H groups in total. The van der Waals surface area contributed by atoms with Gasteiger partial charge >= 0.3 is 0 Å². The molecule has 2 aromatic heterocycles. The van der Waals surface area contributed by atoms with Crippen LogP contribution in [0.4, 0.5) is 5.69 Å². The number of amides is 1. The predicted octanol–water partition coefficient (Wildman–Crippen LogP) is 4.84. The molecule has 0 fully saturated rings. The third kappa shape index (κ3) is 4.14. The number of nitrogens with zero attached hydrogens (tertiary/aromatic N) is 1. The second-order valence-electron chi connectivity index (χ2n) is 6.87. The molecule has 0 aliphatic carbocycles. The fraction of sp³-hybridized carbons (Fsp3) is 0.120. The van der Waals surface area contributed by atoms with Gasteiger partial charge < -0.3 is 19.2 Å². The molecule has 6 heteroatoms. The molecule has 156 valence electrons. The van der Waals surface area contributed by atoms with E-state index in [2.05, 4.69) is 5.32 Å². The van der Waals surface area contributed by atoms with Crippen molar-refractivity contribution in [2.75, 3.05) is 19.0 Å². The highest BCUT2D eigenvalue weighted by atomic mass is 16.5. The number of carbonyl (C=O) groups is 2. The standard InChI is InChI=1S/C25H22N2O4/c1-3-31-21-13-9-18(10-14-21)26-25(29)24(28)23-22(16-19-6-4-5-15-27(19)23)17-7-11-20(30-2)12-8-17/h4-16H,3H2,1-2H3,(H,26,29). The second-order valence-corrected chi connectivity index (χ2v) is 6.87.